The number of rotatable bonds is 9. The van der Waals surface area contributed by atoms with Crippen molar-refractivity contribution in [2.45, 2.75) is 76.7 Å². The Morgan fingerprint density at radius 3 is 2.16 bits per heavy atom. The largest absolute Gasteiger partial charge is 0.513 e. The van der Waals surface area contributed by atoms with Crippen molar-refractivity contribution in [1.82, 2.24) is 0 Å². The smallest absolute Gasteiger partial charge is 0.434 e. The normalized spacial score (nSPS) is 26.3. The molecule has 9 nitrogen and oxygen atoms in total. The Bertz CT molecular complexity index is 678. The zero-order chi connectivity index (χ0) is 23.1. The number of aliphatic hydroxyl groups excluding tert-OH is 4. The van der Waals surface area contributed by atoms with Gasteiger partial charge < -0.3 is 39.4 Å². The molecular formula is C22H34O9. The molecule has 1 heterocycles. The molecule has 0 unspecified atom stereocenters. The quantitative estimate of drug-likeness (QED) is 0.256. The van der Waals surface area contributed by atoms with Crippen molar-refractivity contribution in [3.63, 3.8) is 0 Å². The summed E-state index contributed by atoms with van der Waals surface area (Å²) in [4.78, 5) is 12.2. The van der Waals surface area contributed by atoms with E-state index < -0.39 is 43.5 Å². The molecule has 0 radical (unpaired) electrons. The molecule has 0 amide bonds. The molecule has 4 N–H and O–H groups in total. The number of benzene rings is 1. The Morgan fingerprint density at radius 1 is 1.00 bits per heavy atom. The lowest BCUT2D eigenvalue weighted by Crippen LogP contribution is -2.59. The van der Waals surface area contributed by atoms with Crippen molar-refractivity contribution in [3.05, 3.63) is 29.3 Å². The van der Waals surface area contributed by atoms with Crippen LogP contribution in [-0.2, 0) is 14.2 Å². The second-order valence-electron chi connectivity index (χ2n) is 8.20. The third-order valence-electron chi connectivity index (χ3n) is 5.14. The minimum atomic E-state index is -1.50. The van der Waals surface area contributed by atoms with Gasteiger partial charge in [-0.1, -0.05) is 45.9 Å². The number of para-hydroxylation sites is 1. The van der Waals surface area contributed by atoms with Crippen molar-refractivity contribution < 1.29 is 44.2 Å². The van der Waals surface area contributed by atoms with Gasteiger partial charge in [0.1, 0.15) is 30.2 Å². The zero-order valence-electron chi connectivity index (χ0n) is 18.4. The molecule has 0 aromatic heterocycles. The highest BCUT2D eigenvalue weighted by Gasteiger charge is 2.43. The maximum atomic E-state index is 12.2. The van der Waals surface area contributed by atoms with Gasteiger partial charge in [-0.25, -0.2) is 4.79 Å². The highest BCUT2D eigenvalue weighted by Crippen LogP contribution is 2.34. The van der Waals surface area contributed by atoms with Gasteiger partial charge in [-0.15, -0.1) is 0 Å². The Hall–Kier alpha value is -1.75. The maximum absolute atomic E-state index is 12.2. The highest BCUT2D eigenvalue weighted by atomic mass is 16.7. The van der Waals surface area contributed by atoms with Crippen LogP contribution < -0.4 is 4.74 Å². The van der Waals surface area contributed by atoms with E-state index in [9.17, 15) is 25.2 Å². The summed E-state index contributed by atoms with van der Waals surface area (Å²) in [5.41, 5.74) is 1.85. The summed E-state index contributed by atoms with van der Waals surface area (Å²) < 4.78 is 21.3. The molecule has 0 spiro atoms. The van der Waals surface area contributed by atoms with Gasteiger partial charge in [0.25, 0.3) is 0 Å². The molecule has 176 valence electrons. The SMILES string of the molecule is CC(C)c1cccc(C(C)C)c1OC(=O)OCCCO[C@H]1O[C@H](CO)[C@@H](O)[C@H](O)[C@H]1O. The van der Waals surface area contributed by atoms with Gasteiger partial charge in [-0.2, -0.15) is 0 Å². The first-order valence-corrected chi connectivity index (χ1v) is 10.6. The molecule has 0 aliphatic carbocycles. The molecule has 1 aromatic rings. The fourth-order valence-corrected chi connectivity index (χ4v) is 3.33. The van der Waals surface area contributed by atoms with E-state index >= 15 is 0 Å². The molecule has 1 fully saturated rings. The fraction of sp³-hybridized carbons (Fsp3) is 0.682. The first-order valence-electron chi connectivity index (χ1n) is 10.6. The number of carbonyl (C=O) groups is 1. The minimum absolute atomic E-state index is 0.0110. The molecular weight excluding hydrogens is 408 g/mol. The average Bonchev–Trinajstić information content (AvgIpc) is 2.73. The van der Waals surface area contributed by atoms with E-state index in [1.807, 2.05) is 45.9 Å². The van der Waals surface area contributed by atoms with Crippen LogP contribution in [0.2, 0.25) is 0 Å². The molecule has 0 saturated carbocycles. The Labute approximate surface area is 182 Å². The Morgan fingerprint density at radius 2 is 1.61 bits per heavy atom. The van der Waals surface area contributed by atoms with Crippen LogP contribution in [0.5, 0.6) is 5.75 Å². The number of hydrogen-bond acceptors (Lipinski definition) is 9. The maximum Gasteiger partial charge on any atom is 0.513 e. The van der Waals surface area contributed by atoms with Gasteiger partial charge >= 0.3 is 6.16 Å². The predicted molar refractivity (Wildman–Crippen MR) is 111 cm³/mol. The lowest BCUT2D eigenvalue weighted by Gasteiger charge is -2.39. The van der Waals surface area contributed by atoms with Crippen LogP contribution in [0.3, 0.4) is 0 Å². The molecule has 1 aliphatic rings. The van der Waals surface area contributed by atoms with E-state index in [1.54, 1.807) is 0 Å². The third-order valence-corrected chi connectivity index (χ3v) is 5.14. The van der Waals surface area contributed by atoms with Crippen LogP contribution in [0.1, 0.15) is 57.1 Å². The Kier molecular flexibility index (Phi) is 9.67. The van der Waals surface area contributed by atoms with E-state index in [4.69, 9.17) is 18.9 Å². The summed E-state index contributed by atoms with van der Waals surface area (Å²) in [7, 11) is 0. The van der Waals surface area contributed by atoms with Gasteiger partial charge in [0.05, 0.1) is 19.8 Å². The number of ether oxygens (including phenoxy) is 4. The molecule has 9 heteroatoms. The first-order chi connectivity index (χ1) is 14.7. The van der Waals surface area contributed by atoms with Crippen molar-refractivity contribution in [3.8, 4) is 5.75 Å². The molecule has 5 atom stereocenters. The lowest BCUT2D eigenvalue weighted by molar-refractivity contribution is -0.301. The van der Waals surface area contributed by atoms with Crippen molar-refractivity contribution in [2.24, 2.45) is 0 Å². The minimum Gasteiger partial charge on any atom is -0.434 e. The molecule has 1 aliphatic heterocycles. The number of carbonyl (C=O) groups excluding carboxylic acids is 1. The van der Waals surface area contributed by atoms with Crippen LogP contribution in [0, 0.1) is 0 Å². The van der Waals surface area contributed by atoms with Gasteiger partial charge in [0.2, 0.25) is 0 Å². The van der Waals surface area contributed by atoms with E-state index in [0.717, 1.165) is 11.1 Å². The van der Waals surface area contributed by atoms with E-state index in [0.29, 0.717) is 5.75 Å². The fourth-order valence-electron chi connectivity index (χ4n) is 3.33. The molecule has 1 aromatic carbocycles. The summed E-state index contributed by atoms with van der Waals surface area (Å²) in [6, 6.07) is 5.79. The van der Waals surface area contributed by atoms with Crippen LogP contribution in [-0.4, -0.2) is 77.1 Å². The summed E-state index contributed by atoms with van der Waals surface area (Å²) in [5, 5.41) is 38.6. The molecule has 31 heavy (non-hydrogen) atoms. The zero-order valence-corrected chi connectivity index (χ0v) is 18.4. The van der Waals surface area contributed by atoms with Gasteiger partial charge in [0, 0.05) is 6.42 Å². The summed E-state index contributed by atoms with van der Waals surface area (Å²) in [6.07, 6.45) is -7.19. The third kappa shape index (κ3) is 6.61. The Balaban J connectivity index is 1.82. The monoisotopic (exact) mass is 442 g/mol. The van der Waals surface area contributed by atoms with E-state index in [-0.39, 0.29) is 31.5 Å². The van der Waals surface area contributed by atoms with Gasteiger partial charge in [-0.05, 0) is 23.0 Å². The second-order valence-corrected chi connectivity index (χ2v) is 8.20. The molecule has 1 saturated heterocycles. The predicted octanol–water partition coefficient (Wildman–Crippen LogP) is 1.66. The summed E-state index contributed by atoms with van der Waals surface area (Å²) >= 11 is 0. The topological polar surface area (TPSA) is 135 Å². The second kappa shape index (κ2) is 11.8. The average molecular weight is 443 g/mol. The molecule has 0 bridgehead atoms. The van der Waals surface area contributed by atoms with Crippen molar-refractivity contribution >= 4 is 6.16 Å². The summed E-state index contributed by atoms with van der Waals surface area (Å²) in [6.45, 7) is 7.62. The standard InChI is InChI=1S/C22H34O9/c1-12(2)14-7-5-8-15(13(3)4)20(14)31-22(27)29-10-6-9-28-21-19(26)18(25)17(24)16(11-23)30-21/h5,7-8,12-13,16-19,21,23-26H,6,9-11H2,1-4H3/t16-,17-,18+,19-,21+/m1/s1. The number of hydrogen-bond donors (Lipinski definition) is 4. The van der Waals surface area contributed by atoms with Gasteiger partial charge in [0.15, 0.2) is 6.29 Å². The van der Waals surface area contributed by atoms with E-state index in [2.05, 4.69) is 0 Å². The van der Waals surface area contributed by atoms with Crippen molar-refractivity contribution in [1.29, 1.82) is 0 Å². The van der Waals surface area contributed by atoms with E-state index in [1.165, 1.54) is 0 Å². The highest BCUT2D eigenvalue weighted by molar-refractivity contribution is 5.66. The van der Waals surface area contributed by atoms with Gasteiger partial charge in [-0.3, -0.25) is 0 Å². The van der Waals surface area contributed by atoms with Crippen LogP contribution >= 0.6 is 0 Å². The van der Waals surface area contributed by atoms with Crippen LogP contribution in [0.4, 0.5) is 4.79 Å². The number of aliphatic hydroxyl groups is 4. The first kappa shape index (κ1) is 25.5. The van der Waals surface area contributed by atoms with Crippen molar-refractivity contribution in [2.75, 3.05) is 19.8 Å². The lowest BCUT2D eigenvalue weighted by atomic mass is 9.94. The van der Waals surface area contributed by atoms with Crippen LogP contribution in [0.25, 0.3) is 0 Å². The summed E-state index contributed by atoms with van der Waals surface area (Å²) in [5.74, 6) is 0.872. The van der Waals surface area contributed by atoms with Crippen LogP contribution in [0.15, 0.2) is 18.2 Å². The molecule has 2 rings (SSSR count).